The van der Waals surface area contributed by atoms with E-state index >= 15 is 0 Å². The van der Waals surface area contributed by atoms with E-state index in [1.807, 2.05) is 6.92 Å². The number of likely N-dealkylation sites (N-methyl/N-ethyl adjacent to an activating group) is 1. The van der Waals surface area contributed by atoms with Crippen molar-refractivity contribution in [3.63, 3.8) is 0 Å². The zero-order valence-corrected chi connectivity index (χ0v) is 13.2. The molecule has 1 unspecified atom stereocenters. The Balaban J connectivity index is 2.40. The van der Waals surface area contributed by atoms with E-state index in [4.69, 9.17) is 9.84 Å². The Kier molecular flexibility index (Phi) is 8.30. The van der Waals surface area contributed by atoms with E-state index in [2.05, 4.69) is 16.7 Å². The summed E-state index contributed by atoms with van der Waals surface area (Å²) in [5, 5.41) is 8.77. The smallest absolute Gasteiger partial charge is 0.307 e. The van der Waals surface area contributed by atoms with Crippen molar-refractivity contribution in [3.8, 4) is 0 Å². The highest BCUT2D eigenvalue weighted by atomic mass is 16.5. The molecule has 0 aromatic rings. The number of piperidine rings is 1. The minimum absolute atomic E-state index is 0.144. The molecule has 6 nitrogen and oxygen atoms in total. The molecule has 1 N–H and O–H groups in total. The van der Waals surface area contributed by atoms with Crippen LogP contribution in [0.15, 0.2) is 0 Å². The third-order valence-electron chi connectivity index (χ3n) is 3.95. The van der Waals surface area contributed by atoms with Gasteiger partial charge in [0, 0.05) is 25.7 Å². The van der Waals surface area contributed by atoms with E-state index in [0.717, 1.165) is 32.5 Å². The third kappa shape index (κ3) is 6.91. The van der Waals surface area contributed by atoms with E-state index < -0.39 is 5.97 Å². The molecule has 0 spiro atoms. The first-order valence-electron chi connectivity index (χ1n) is 7.90. The summed E-state index contributed by atoms with van der Waals surface area (Å²) in [4.78, 5) is 26.7. The van der Waals surface area contributed by atoms with Crippen molar-refractivity contribution in [3.05, 3.63) is 0 Å². The van der Waals surface area contributed by atoms with Gasteiger partial charge in [-0.05, 0) is 32.9 Å². The van der Waals surface area contributed by atoms with Crippen molar-refractivity contribution in [1.82, 2.24) is 9.80 Å². The van der Waals surface area contributed by atoms with Gasteiger partial charge in [-0.25, -0.2) is 0 Å². The molecule has 21 heavy (non-hydrogen) atoms. The van der Waals surface area contributed by atoms with Gasteiger partial charge in [-0.1, -0.05) is 6.92 Å². The molecule has 1 rings (SSSR count). The van der Waals surface area contributed by atoms with E-state index in [9.17, 15) is 9.59 Å². The molecule has 1 aliphatic rings. The predicted molar refractivity (Wildman–Crippen MR) is 80.2 cm³/mol. The van der Waals surface area contributed by atoms with Crippen molar-refractivity contribution >= 4 is 11.9 Å². The minimum Gasteiger partial charge on any atom is -0.481 e. The van der Waals surface area contributed by atoms with Gasteiger partial charge in [-0.15, -0.1) is 0 Å². The molecule has 1 aliphatic heterocycles. The molecule has 0 aromatic carbocycles. The second-order valence-corrected chi connectivity index (χ2v) is 5.42. The zero-order valence-electron chi connectivity index (χ0n) is 13.2. The maximum atomic E-state index is 11.5. The fraction of sp³-hybridized carbons (Fsp3) is 0.867. The fourth-order valence-electron chi connectivity index (χ4n) is 2.85. The number of carboxylic acids is 1. The molecule has 0 radical (unpaired) electrons. The minimum atomic E-state index is -0.744. The standard InChI is InChI=1S/C15H28N2O4/c1-3-17(11-8-15(20)21-4-2)13-6-5-9-16(12-13)10-7-14(18)19/h13H,3-12H2,1-2H3,(H,18,19). The number of hydrogen-bond donors (Lipinski definition) is 1. The average molecular weight is 300 g/mol. The number of hydrogen-bond acceptors (Lipinski definition) is 5. The maximum absolute atomic E-state index is 11.5. The molecule has 0 aliphatic carbocycles. The zero-order chi connectivity index (χ0) is 15.7. The number of esters is 1. The van der Waals surface area contributed by atoms with Crippen LogP contribution in [0.5, 0.6) is 0 Å². The van der Waals surface area contributed by atoms with E-state index in [-0.39, 0.29) is 12.4 Å². The molecule has 6 heteroatoms. The van der Waals surface area contributed by atoms with Crippen LogP contribution in [0, 0.1) is 0 Å². The molecule has 1 heterocycles. The molecule has 0 saturated carbocycles. The van der Waals surface area contributed by atoms with Gasteiger partial charge >= 0.3 is 11.9 Å². The SMILES string of the molecule is CCOC(=O)CCN(CC)C1CCCN(CCC(=O)O)C1. The molecule has 0 bridgehead atoms. The van der Waals surface area contributed by atoms with Crippen molar-refractivity contribution < 1.29 is 19.4 Å². The van der Waals surface area contributed by atoms with Gasteiger partial charge in [0.25, 0.3) is 0 Å². The molecule has 0 aromatic heterocycles. The monoisotopic (exact) mass is 300 g/mol. The molecule has 1 atom stereocenters. The summed E-state index contributed by atoms with van der Waals surface area (Å²) >= 11 is 0. The Morgan fingerprint density at radius 2 is 2.10 bits per heavy atom. The normalized spacial score (nSPS) is 19.7. The third-order valence-corrected chi connectivity index (χ3v) is 3.95. The van der Waals surface area contributed by atoms with Gasteiger partial charge in [0.05, 0.1) is 19.4 Å². The summed E-state index contributed by atoms with van der Waals surface area (Å²) in [6, 6.07) is 0.409. The van der Waals surface area contributed by atoms with Crippen LogP contribution in [0.1, 0.15) is 39.5 Å². The lowest BCUT2D eigenvalue weighted by atomic mass is 10.0. The number of carboxylic acid groups (broad SMARTS) is 1. The topological polar surface area (TPSA) is 70.1 Å². The maximum Gasteiger partial charge on any atom is 0.307 e. The van der Waals surface area contributed by atoms with Gasteiger partial charge in [0.2, 0.25) is 0 Å². The lowest BCUT2D eigenvalue weighted by Crippen LogP contribution is -2.48. The quantitative estimate of drug-likeness (QED) is 0.645. The molecule has 1 saturated heterocycles. The Hall–Kier alpha value is -1.14. The largest absolute Gasteiger partial charge is 0.481 e. The van der Waals surface area contributed by atoms with Crippen molar-refractivity contribution in [2.75, 3.05) is 39.3 Å². The predicted octanol–water partition coefficient (Wildman–Crippen LogP) is 1.20. The van der Waals surface area contributed by atoms with Crippen LogP contribution in [-0.2, 0) is 14.3 Å². The number of aliphatic carboxylic acids is 1. The molecule has 1 fully saturated rings. The van der Waals surface area contributed by atoms with Gasteiger partial charge in [0.1, 0.15) is 0 Å². The summed E-state index contributed by atoms with van der Waals surface area (Å²) in [5.74, 6) is -0.888. The van der Waals surface area contributed by atoms with Crippen LogP contribution < -0.4 is 0 Å². The highest BCUT2D eigenvalue weighted by Crippen LogP contribution is 2.16. The van der Waals surface area contributed by atoms with E-state index in [0.29, 0.717) is 32.2 Å². The second-order valence-electron chi connectivity index (χ2n) is 5.42. The first-order valence-corrected chi connectivity index (χ1v) is 7.90. The Morgan fingerprint density at radius 3 is 2.71 bits per heavy atom. The summed E-state index contributed by atoms with van der Waals surface area (Å²) in [7, 11) is 0. The van der Waals surface area contributed by atoms with Crippen LogP contribution >= 0.6 is 0 Å². The van der Waals surface area contributed by atoms with E-state index in [1.165, 1.54) is 0 Å². The number of nitrogens with zero attached hydrogens (tertiary/aromatic N) is 2. The van der Waals surface area contributed by atoms with Gasteiger partial charge in [0.15, 0.2) is 0 Å². The van der Waals surface area contributed by atoms with Crippen LogP contribution in [0.25, 0.3) is 0 Å². The van der Waals surface area contributed by atoms with Crippen LogP contribution in [0.4, 0.5) is 0 Å². The second kappa shape index (κ2) is 9.73. The first-order chi connectivity index (χ1) is 10.1. The van der Waals surface area contributed by atoms with Crippen molar-refractivity contribution in [1.29, 1.82) is 0 Å². The lowest BCUT2D eigenvalue weighted by Gasteiger charge is -2.38. The summed E-state index contributed by atoms with van der Waals surface area (Å²) in [6.07, 6.45) is 2.81. The summed E-state index contributed by atoms with van der Waals surface area (Å²) in [6.45, 7) is 8.43. The Bertz CT molecular complexity index is 336. The number of rotatable bonds is 9. The highest BCUT2D eigenvalue weighted by molar-refractivity contribution is 5.69. The van der Waals surface area contributed by atoms with Crippen molar-refractivity contribution in [2.24, 2.45) is 0 Å². The molecule has 122 valence electrons. The van der Waals surface area contributed by atoms with Crippen LogP contribution in [-0.4, -0.2) is 72.2 Å². The number of likely N-dealkylation sites (tertiary alicyclic amines) is 1. The number of carbonyl (C=O) groups is 2. The van der Waals surface area contributed by atoms with Gasteiger partial charge in [-0.2, -0.15) is 0 Å². The number of ether oxygens (including phenoxy) is 1. The number of carbonyl (C=O) groups excluding carboxylic acids is 1. The highest BCUT2D eigenvalue weighted by Gasteiger charge is 2.25. The van der Waals surface area contributed by atoms with Gasteiger partial charge in [-0.3, -0.25) is 14.5 Å². The summed E-state index contributed by atoms with van der Waals surface area (Å²) in [5.41, 5.74) is 0. The fourth-order valence-corrected chi connectivity index (χ4v) is 2.85. The Labute approximate surface area is 127 Å². The molecular weight excluding hydrogens is 272 g/mol. The molecule has 0 amide bonds. The van der Waals surface area contributed by atoms with Crippen LogP contribution in [0.2, 0.25) is 0 Å². The van der Waals surface area contributed by atoms with E-state index in [1.54, 1.807) is 0 Å². The average Bonchev–Trinajstić information content (AvgIpc) is 2.46. The lowest BCUT2D eigenvalue weighted by molar-refractivity contribution is -0.143. The summed E-state index contributed by atoms with van der Waals surface area (Å²) < 4.78 is 4.97. The Morgan fingerprint density at radius 1 is 1.33 bits per heavy atom. The van der Waals surface area contributed by atoms with Gasteiger partial charge < -0.3 is 14.7 Å². The first kappa shape index (κ1) is 17.9. The van der Waals surface area contributed by atoms with Crippen LogP contribution in [0.3, 0.4) is 0 Å². The molecular formula is C15H28N2O4. The van der Waals surface area contributed by atoms with Crippen molar-refractivity contribution in [2.45, 2.75) is 45.6 Å².